The van der Waals surface area contributed by atoms with Crippen molar-refractivity contribution in [3.05, 3.63) is 33.8 Å². The molecule has 0 aliphatic heterocycles. The van der Waals surface area contributed by atoms with Gasteiger partial charge in [0, 0.05) is 0 Å². The maximum Gasteiger partial charge on any atom is 0.475 e. The first-order valence-electron chi connectivity index (χ1n) is 7.10. The predicted molar refractivity (Wildman–Crippen MR) is 90.4 cm³/mol. The highest BCUT2D eigenvalue weighted by atomic mass is 35.5. The minimum Gasteiger partial charge on any atom is -0.426 e. The van der Waals surface area contributed by atoms with Crippen molar-refractivity contribution < 1.29 is 19.6 Å². The van der Waals surface area contributed by atoms with Gasteiger partial charge in [-0.05, 0) is 24.5 Å². The molecule has 4 N–H and O–H groups in total. The van der Waals surface area contributed by atoms with Crippen LogP contribution in [-0.2, 0) is 4.79 Å². The molecule has 1 atom stereocenters. The lowest BCUT2D eigenvalue weighted by Crippen LogP contribution is -2.50. The Bertz CT molecular complexity index is 570. The van der Waals surface area contributed by atoms with Gasteiger partial charge in [-0.1, -0.05) is 43.1 Å². The van der Waals surface area contributed by atoms with Crippen molar-refractivity contribution in [2.45, 2.75) is 26.2 Å². The van der Waals surface area contributed by atoms with Crippen molar-refractivity contribution >= 4 is 42.1 Å². The van der Waals surface area contributed by atoms with E-state index < -0.39 is 24.9 Å². The first kappa shape index (κ1) is 19.8. The van der Waals surface area contributed by atoms with Gasteiger partial charge < -0.3 is 20.7 Å². The van der Waals surface area contributed by atoms with E-state index in [0.29, 0.717) is 6.42 Å². The molecule has 0 aromatic heterocycles. The van der Waals surface area contributed by atoms with Gasteiger partial charge in [0.2, 0.25) is 5.91 Å². The quantitative estimate of drug-likeness (QED) is 0.550. The molecule has 0 unspecified atom stereocenters. The zero-order valence-electron chi connectivity index (χ0n) is 12.8. The number of rotatable bonds is 7. The molecule has 9 heteroatoms. The Morgan fingerprint density at radius 3 is 2.48 bits per heavy atom. The molecule has 1 aromatic carbocycles. The lowest BCUT2D eigenvalue weighted by atomic mass is 9.75. The zero-order chi connectivity index (χ0) is 17.6. The molecule has 0 radical (unpaired) electrons. The monoisotopic (exact) mass is 360 g/mol. The molecule has 0 fully saturated rings. The van der Waals surface area contributed by atoms with Crippen LogP contribution in [-0.4, -0.2) is 41.5 Å². The second-order valence-corrected chi connectivity index (χ2v) is 6.29. The molecule has 126 valence electrons. The minimum absolute atomic E-state index is 0.107. The van der Waals surface area contributed by atoms with Crippen LogP contribution in [0.4, 0.5) is 0 Å². The van der Waals surface area contributed by atoms with E-state index in [0.717, 1.165) is 0 Å². The van der Waals surface area contributed by atoms with Crippen LogP contribution >= 0.6 is 23.2 Å². The summed E-state index contributed by atoms with van der Waals surface area (Å²) in [7, 11) is -1.67. The number of carbonyl (C=O) groups is 2. The van der Waals surface area contributed by atoms with Crippen LogP contribution in [0.1, 0.15) is 30.6 Å². The summed E-state index contributed by atoms with van der Waals surface area (Å²) in [5.74, 6) is -1.70. The Kier molecular flexibility index (Phi) is 7.84. The van der Waals surface area contributed by atoms with Crippen molar-refractivity contribution in [2.24, 2.45) is 5.92 Å². The average molecular weight is 361 g/mol. The van der Waals surface area contributed by atoms with Crippen molar-refractivity contribution in [3.63, 3.8) is 0 Å². The molecule has 0 saturated heterocycles. The van der Waals surface area contributed by atoms with Crippen LogP contribution in [0.15, 0.2) is 18.2 Å². The maximum atomic E-state index is 12.0. The molecule has 0 spiro atoms. The fourth-order valence-electron chi connectivity index (χ4n) is 1.96. The first-order valence-corrected chi connectivity index (χ1v) is 7.85. The highest BCUT2D eigenvalue weighted by Crippen LogP contribution is 2.25. The minimum atomic E-state index is -1.67. The standard InChI is InChI=1S/C14H19BCl2N2O4/c1-8(2)6-11(15(22)23)19-12(20)7-18-14(21)9-4-3-5-10(16)13(9)17/h3-5,8,11,22-23H,6-7H2,1-2H3,(H,18,21)(H,19,20)/t11-/m0/s1. The van der Waals surface area contributed by atoms with E-state index in [9.17, 15) is 19.6 Å². The Labute approximate surface area is 145 Å². The normalized spacial score (nSPS) is 12.0. The molecule has 0 bridgehead atoms. The molecule has 0 aliphatic carbocycles. The number of benzene rings is 1. The van der Waals surface area contributed by atoms with Crippen molar-refractivity contribution in [2.75, 3.05) is 6.54 Å². The molecule has 0 heterocycles. The van der Waals surface area contributed by atoms with Crippen LogP contribution in [0.5, 0.6) is 0 Å². The SMILES string of the molecule is CC(C)C[C@H](NC(=O)CNC(=O)c1cccc(Cl)c1Cl)B(O)O. The fourth-order valence-corrected chi connectivity index (χ4v) is 2.34. The third-order valence-corrected chi connectivity index (χ3v) is 3.86. The summed E-state index contributed by atoms with van der Waals surface area (Å²) in [4.78, 5) is 23.8. The number of halogens is 2. The number of hydrogen-bond acceptors (Lipinski definition) is 4. The second kappa shape index (κ2) is 9.13. The largest absolute Gasteiger partial charge is 0.475 e. The number of amides is 2. The Morgan fingerprint density at radius 1 is 1.26 bits per heavy atom. The van der Waals surface area contributed by atoms with Crippen LogP contribution < -0.4 is 10.6 Å². The van der Waals surface area contributed by atoms with Gasteiger partial charge in [-0.15, -0.1) is 0 Å². The summed E-state index contributed by atoms with van der Waals surface area (Å²) in [5.41, 5.74) is 0.160. The Hall–Kier alpha value is -1.28. The summed E-state index contributed by atoms with van der Waals surface area (Å²) < 4.78 is 0. The van der Waals surface area contributed by atoms with E-state index in [1.807, 2.05) is 13.8 Å². The predicted octanol–water partition coefficient (Wildman–Crippen LogP) is 1.27. The Balaban J connectivity index is 2.58. The third kappa shape index (κ3) is 6.39. The first-order chi connectivity index (χ1) is 10.7. The highest BCUT2D eigenvalue weighted by molar-refractivity contribution is 6.44. The molecule has 2 amide bonds. The van der Waals surface area contributed by atoms with Gasteiger partial charge in [-0.3, -0.25) is 9.59 Å². The molecule has 0 aliphatic rings. The summed E-state index contributed by atoms with van der Waals surface area (Å²) >= 11 is 11.8. The second-order valence-electron chi connectivity index (χ2n) is 5.50. The van der Waals surface area contributed by atoms with Gasteiger partial charge in [-0.2, -0.15) is 0 Å². The van der Waals surface area contributed by atoms with Crippen LogP contribution in [0, 0.1) is 5.92 Å². The maximum absolute atomic E-state index is 12.0. The van der Waals surface area contributed by atoms with Gasteiger partial charge in [0.15, 0.2) is 0 Å². The number of carbonyl (C=O) groups excluding carboxylic acids is 2. The van der Waals surface area contributed by atoms with Gasteiger partial charge in [0.1, 0.15) is 0 Å². The fraction of sp³-hybridized carbons (Fsp3) is 0.429. The number of nitrogens with one attached hydrogen (secondary N) is 2. The molecule has 6 nitrogen and oxygen atoms in total. The topological polar surface area (TPSA) is 98.7 Å². The van der Waals surface area contributed by atoms with Crippen LogP contribution in [0.2, 0.25) is 10.0 Å². The van der Waals surface area contributed by atoms with Crippen LogP contribution in [0.3, 0.4) is 0 Å². The molecular weight excluding hydrogens is 342 g/mol. The third-order valence-electron chi connectivity index (χ3n) is 3.04. The van der Waals surface area contributed by atoms with Gasteiger partial charge in [0.05, 0.1) is 28.1 Å². The van der Waals surface area contributed by atoms with Crippen molar-refractivity contribution in [1.82, 2.24) is 10.6 Å². The van der Waals surface area contributed by atoms with E-state index >= 15 is 0 Å². The van der Waals surface area contributed by atoms with Crippen LogP contribution in [0.25, 0.3) is 0 Å². The summed E-state index contributed by atoms with van der Waals surface area (Å²) in [6.07, 6.45) is 0.400. The van der Waals surface area contributed by atoms with Crippen molar-refractivity contribution in [3.8, 4) is 0 Å². The van der Waals surface area contributed by atoms with Crippen molar-refractivity contribution in [1.29, 1.82) is 0 Å². The average Bonchev–Trinajstić information content (AvgIpc) is 2.46. The van der Waals surface area contributed by atoms with E-state index in [1.54, 1.807) is 12.1 Å². The highest BCUT2D eigenvalue weighted by Gasteiger charge is 2.26. The van der Waals surface area contributed by atoms with E-state index in [2.05, 4.69) is 10.6 Å². The molecule has 1 rings (SSSR count). The van der Waals surface area contributed by atoms with E-state index in [4.69, 9.17) is 23.2 Å². The van der Waals surface area contributed by atoms with Gasteiger partial charge >= 0.3 is 7.12 Å². The molecule has 1 aromatic rings. The summed E-state index contributed by atoms with van der Waals surface area (Å²) in [5, 5.41) is 23.7. The van der Waals surface area contributed by atoms with Gasteiger partial charge in [-0.25, -0.2) is 0 Å². The lowest BCUT2D eigenvalue weighted by molar-refractivity contribution is -0.120. The molecule has 23 heavy (non-hydrogen) atoms. The summed E-state index contributed by atoms with van der Waals surface area (Å²) in [6.45, 7) is 3.47. The zero-order valence-corrected chi connectivity index (χ0v) is 14.4. The van der Waals surface area contributed by atoms with E-state index in [-0.39, 0.29) is 28.1 Å². The lowest BCUT2D eigenvalue weighted by Gasteiger charge is -2.19. The Morgan fingerprint density at radius 2 is 1.91 bits per heavy atom. The van der Waals surface area contributed by atoms with E-state index in [1.165, 1.54) is 6.07 Å². The molecular formula is C14H19BCl2N2O4. The summed E-state index contributed by atoms with van der Waals surface area (Å²) in [6, 6.07) is 4.61. The number of hydrogen-bond donors (Lipinski definition) is 4. The molecule has 0 saturated carbocycles. The smallest absolute Gasteiger partial charge is 0.426 e. The van der Waals surface area contributed by atoms with Gasteiger partial charge in [0.25, 0.3) is 5.91 Å².